The van der Waals surface area contributed by atoms with Crippen LogP contribution >= 0.6 is 22.9 Å². The number of ether oxygens (including phenoxy) is 2. The van der Waals surface area contributed by atoms with Gasteiger partial charge in [0, 0.05) is 5.02 Å². The summed E-state index contributed by atoms with van der Waals surface area (Å²) in [7, 11) is 1.32. The van der Waals surface area contributed by atoms with Gasteiger partial charge in [0.1, 0.15) is 0 Å². The van der Waals surface area contributed by atoms with E-state index in [1.165, 1.54) is 36.6 Å². The molecule has 0 bridgehead atoms. The number of benzene rings is 2. The number of halogens is 3. The molecule has 146 valence electrons. The molecule has 0 fully saturated rings. The topological polar surface area (TPSA) is 47.6 Å². The van der Waals surface area contributed by atoms with Crippen LogP contribution in [0.1, 0.15) is 27.5 Å². The molecule has 0 radical (unpaired) electrons. The van der Waals surface area contributed by atoms with E-state index in [4.69, 9.17) is 16.3 Å². The number of para-hydroxylation sites is 1. The summed E-state index contributed by atoms with van der Waals surface area (Å²) in [6.07, 6.45) is 0. The molecule has 28 heavy (non-hydrogen) atoms. The molecule has 0 aliphatic heterocycles. The van der Waals surface area contributed by atoms with E-state index < -0.39 is 18.6 Å². The van der Waals surface area contributed by atoms with Crippen LogP contribution in [0, 0.1) is 0 Å². The van der Waals surface area contributed by atoms with E-state index in [-0.39, 0.29) is 17.1 Å². The Morgan fingerprint density at radius 3 is 2.46 bits per heavy atom. The molecule has 4 nitrogen and oxygen atoms in total. The molecule has 1 aromatic heterocycles. The third-order valence-corrected chi connectivity index (χ3v) is 4.96. The highest BCUT2D eigenvalue weighted by Crippen LogP contribution is 2.33. The van der Waals surface area contributed by atoms with Crippen molar-refractivity contribution in [3.8, 4) is 11.5 Å². The molecule has 0 saturated heterocycles. The van der Waals surface area contributed by atoms with Gasteiger partial charge in [-0.1, -0.05) is 29.8 Å². The van der Waals surface area contributed by atoms with Gasteiger partial charge in [-0.05, 0) is 52.2 Å². The quantitative estimate of drug-likeness (QED) is 0.543. The number of carbonyl (C=O) groups excluding carboxylic acids is 1. The van der Waals surface area contributed by atoms with Crippen LogP contribution in [0.5, 0.6) is 11.5 Å². The van der Waals surface area contributed by atoms with Crippen LogP contribution in [0.15, 0.2) is 59.3 Å². The van der Waals surface area contributed by atoms with Crippen molar-refractivity contribution < 1.29 is 23.0 Å². The minimum Gasteiger partial charge on any atom is -0.493 e. The van der Waals surface area contributed by atoms with Crippen LogP contribution in [0.2, 0.25) is 5.02 Å². The molecule has 0 spiro atoms. The third kappa shape index (κ3) is 4.61. The monoisotopic (exact) mass is 423 g/mol. The first-order chi connectivity index (χ1) is 13.5. The summed E-state index contributed by atoms with van der Waals surface area (Å²) in [5.74, 6) is -0.829. The number of carbonyl (C=O) groups is 1. The van der Waals surface area contributed by atoms with Crippen molar-refractivity contribution in [1.82, 2.24) is 5.32 Å². The Morgan fingerprint density at radius 1 is 1.11 bits per heavy atom. The van der Waals surface area contributed by atoms with E-state index in [0.29, 0.717) is 5.02 Å². The first kappa shape index (κ1) is 20.1. The van der Waals surface area contributed by atoms with E-state index in [9.17, 15) is 13.6 Å². The van der Waals surface area contributed by atoms with Crippen molar-refractivity contribution in [3.05, 3.63) is 81.0 Å². The number of rotatable bonds is 7. The van der Waals surface area contributed by atoms with Crippen LogP contribution in [0.25, 0.3) is 0 Å². The normalized spacial score (nSPS) is 11.9. The molecule has 0 aliphatic rings. The molecule has 0 aliphatic carbocycles. The molecule has 1 amide bonds. The Balaban J connectivity index is 1.96. The van der Waals surface area contributed by atoms with Gasteiger partial charge >= 0.3 is 6.61 Å². The van der Waals surface area contributed by atoms with Crippen molar-refractivity contribution in [3.63, 3.8) is 0 Å². The number of thiophene rings is 1. The molecular weight excluding hydrogens is 408 g/mol. The maximum Gasteiger partial charge on any atom is 0.387 e. The molecule has 1 heterocycles. The van der Waals surface area contributed by atoms with Crippen molar-refractivity contribution in [2.45, 2.75) is 12.7 Å². The Bertz CT molecular complexity index is 933. The predicted octanol–water partition coefficient (Wildman–Crippen LogP) is 5.53. The minimum absolute atomic E-state index is 0.0474. The van der Waals surface area contributed by atoms with Gasteiger partial charge < -0.3 is 14.8 Å². The van der Waals surface area contributed by atoms with Crippen LogP contribution in [-0.4, -0.2) is 19.6 Å². The van der Waals surface area contributed by atoms with E-state index in [2.05, 4.69) is 10.1 Å². The number of hydrogen-bond donors (Lipinski definition) is 1. The fourth-order valence-electron chi connectivity index (χ4n) is 2.73. The predicted molar refractivity (Wildman–Crippen MR) is 105 cm³/mol. The zero-order valence-electron chi connectivity index (χ0n) is 14.7. The third-order valence-electron chi connectivity index (χ3n) is 4.01. The van der Waals surface area contributed by atoms with Gasteiger partial charge in [-0.3, -0.25) is 4.79 Å². The second kappa shape index (κ2) is 9.03. The van der Waals surface area contributed by atoms with Gasteiger partial charge in [-0.25, -0.2) is 0 Å². The second-order valence-corrected chi connectivity index (χ2v) is 6.95. The lowest BCUT2D eigenvalue weighted by atomic mass is 10.0. The van der Waals surface area contributed by atoms with Gasteiger partial charge in [0.15, 0.2) is 11.5 Å². The summed E-state index contributed by atoms with van der Waals surface area (Å²) in [4.78, 5) is 12.9. The fraction of sp³-hybridized carbons (Fsp3) is 0.150. The molecule has 3 aromatic rings. The second-order valence-electron chi connectivity index (χ2n) is 5.73. The standard InChI is InChI=1S/C20H16ClF2NO3S/c1-26-16-4-2-3-15(18(16)27-20(22)23)19(25)24-17(13-9-10-28-11-13)12-5-7-14(21)8-6-12/h2-11,17,20H,1H3,(H,24,25)/t17-/m0/s1. The van der Waals surface area contributed by atoms with Crippen molar-refractivity contribution in [2.75, 3.05) is 7.11 Å². The van der Waals surface area contributed by atoms with Crippen LogP contribution in [0.3, 0.4) is 0 Å². The summed E-state index contributed by atoms with van der Waals surface area (Å²) in [6.45, 7) is -3.09. The first-order valence-electron chi connectivity index (χ1n) is 8.20. The number of alkyl halides is 2. The van der Waals surface area contributed by atoms with Crippen LogP contribution < -0.4 is 14.8 Å². The highest BCUT2D eigenvalue weighted by atomic mass is 35.5. The Labute approximate surface area is 169 Å². The van der Waals surface area contributed by atoms with E-state index in [1.54, 1.807) is 24.3 Å². The molecule has 8 heteroatoms. The van der Waals surface area contributed by atoms with Crippen LogP contribution in [-0.2, 0) is 0 Å². The molecule has 0 unspecified atom stereocenters. The van der Waals surface area contributed by atoms with Crippen molar-refractivity contribution in [2.24, 2.45) is 0 Å². The number of methoxy groups -OCH3 is 1. The van der Waals surface area contributed by atoms with E-state index >= 15 is 0 Å². The van der Waals surface area contributed by atoms with Gasteiger partial charge in [-0.2, -0.15) is 20.1 Å². The highest BCUT2D eigenvalue weighted by Gasteiger charge is 2.24. The summed E-state index contributed by atoms with van der Waals surface area (Å²) in [5, 5.41) is 7.24. The van der Waals surface area contributed by atoms with Crippen LogP contribution in [0.4, 0.5) is 8.78 Å². The van der Waals surface area contributed by atoms with Gasteiger partial charge in [-0.15, -0.1) is 0 Å². The average Bonchev–Trinajstić information content (AvgIpc) is 3.21. The lowest BCUT2D eigenvalue weighted by molar-refractivity contribution is -0.0515. The summed E-state index contributed by atoms with van der Waals surface area (Å²) in [6, 6.07) is 12.8. The largest absolute Gasteiger partial charge is 0.493 e. The average molecular weight is 424 g/mol. The van der Waals surface area contributed by atoms with Crippen molar-refractivity contribution >= 4 is 28.8 Å². The maximum atomic E-state index is 12.9. The molecule has 1 N–H and O–H groups in total. The highest BCUT2D eigenvalue weighted by molar-refractivity contribution is 7.08. The molecule has 2 aromatic carbocycles. The summed E-state index contributed by atoms with van der Waals surface area (Å²) >= 11 is 7.44. The molecule has 3 rings (SSSR count). The smallest absolute Gasteiger partial charge is 0.387 e. The zero-order valence-corrected chi connectivity index (χ0v) is 16.3. The maximum absolute atomic E-state index is 12.9. The Hall–Kier alpha value is -2.64. The number of amides is 1. The lowest BCUT2D eigenvalue weighted by Gasteiger charge is -2.20. The molecular formula is C20H16ClF2NO3S. The Morgan fingerprint density at radius 2 is 1.86 bits per heavy atom. The van der Waals surface area contributed by atoms with Crippen molar-refractivity contribution in [1.29, 1.82) is 0 Å². The number of hydrogen-bond acceptors (Lipinski definition) is 4. The minimum atomic E-state index is -3.09. The van der Waals surface area contributed by atoms with Gasteiger partial charge in [0.2, 0.25) is 0 Å². The Kier molecular flexibility index (Phi) is 6.49. The number of nitrogens with one attached hydrogen (secondary N) is 1. The SMILES string of the molecule is COc1cccc(C(=O)N[C@@H](c2ccc(Cl)cc2)c2ccsc2)c1OC(F)F. The summed E-state index contributed by atoms with van der Waals surface area (Å²) in [5.41, 5.74) is 1.61. The van der Waals surface area contributed by atoms with E-state index in [0.717, 1.165) is 11.1 Å². The fourth-order valence-corrected chi connectivity index (χ4v) is 3.54. The molecule has 0 saturated carbocycles. The lowest BCUT2D eigenvalue weighted by Crippen LogP contribution is -2.29. The van der Waals surface area contributed by atoms with Gasteiger partial charge in [0.25, 0.3) is 5.91 Å². The van der Waals surface area contributed by atoms with E-state index in [1.807, 2.05) is 16.8 Å². The zero-order chi connectivity index (χ0) is 20.1. The summed E-state index contributed by atoms with van der Waals surface area (Å²) < 4.78 is 35.3. The van der Waals surface area contributed by atoms with Gasteiger partial charge in [0.05, 0.1) is 18.7 Å². The first-order valence-corrected chi connectivity index (χ1v) is 9.52. The molecule has 1 atom stereocenters.